The Morgan fingerprint density at radius 1 is 0.826 bits per heavy atom. The fourth-order valence-corrected chi connectivity index (χ4v) is 3.97. The molecule has 0 bridgehead atoms. The molecule has 0 radical (unpaired) electrons. The molecule has 4 heteroatoms. The minimum absolute atomic E-state index is 0.567. The molecule has 2 aromatic rings. The third-order valence-electron chi connectivity index (χ3n) is 4.27. The van der Waals surface area contributed by atoms with Crippen LogP contribution < -0.4 is 0 Å². The van der Waals surface area contributed by atoms with Gasteiger partial charge in [0.05, 0.1) is 6.26 Å². The smallest absolute Gasteiger partial charge is 0.211 e. The SMILES string of the molecule is CS(=O)(=O)N1CCC(=C(c2ccccc2)c2ccccc2)CC1. The van der Waals surface area contributed by atoms with Crippen LogP contribution in [0.25, 0.3) is 5.57 Å². The van der Waals surface area contributed by atoms with Crippen LogP contribution in [0.1, 0.15) is 24.0 Å². The van der Waals surface area contributed by atoms with E-state index in [0.29, 0.717) is 13.1 Å². The third kappa shape index (κ3) is 3.71. The Labute approximate surface area is 138 Å². The average molecular weight is 327 g/mol. The molecule has 2 aromatic carbocycles. The van der Waals surface area contributed by atoms with Crippen LogP contribution in [0, 0.1) is 0 Å². The van der Waals surface area contributed by atoms with E-state index in [9.17, 15) is 8.42 Å². The fourth-order valence-electron chi connectivity index (χ4n) is 3.12. The summed E-state index contributed by atoms with van der Waals surface area (Å²) < 4.78 is 25.0. The Morgan fingerprint density at radius 2 is 1.26 bits per heavy atom. The van der Waals surface area contributed by atoms with Crippen molar-refractivity contribution in [2.24, 2.45) is 0 Å². The summed E-state index contributed by atoms with van der Waals surface area (Å²) >= 11 is 0. The maximum atomic E-state index is 11.7. The van der Waals surface area contributed by atoms with E-state index in [4.69, 9.17) is 0 Å². The van der Waals surface area contributed by atoms with Gasteiger partial charge in [0.1, 0.15) is 0 Å². The molecule has 1 saturated heterocycles. The van der Waals surface area contributed by atoms with E-state index in [2.05, 4.69) is 24.3 Å². The van der Waals surface area contributed by atoms with Gasteiger partial charge in [-0.15, -0.1) is 0 Å². The zero-order valence-corrected chi connectivity index (χ0v) is 14.1. The number of hydrogen-bond acceptors (Lipinski definition) is 2. The topological polar surface area (TPSA) is 37.4 Å². The largest absolute Gasteiger partial charge is 0.213 e. The third-order valence-corrected chi connectivity index (χ3v) is 5.58. The van der Waals surface area contributed by atoms with Crippen molar-refractivity contribution in [2.75, 3.05) is 19.3 Å². The quantitative estimate of drug-likeness (QED) is 0.864. The van der Waals surface area contributed by atoms with Crippen molar-refractivity contribution in [1.29, 1.82) is 0 Å². The van der Waals surface area contributed by atoms with Gasteiger partial charge in [-0.1, -0.05) is 66.2 Å². The normalized spacial score (nSPS) is 16.3. The lowest BCUT2D eigenvalue weighted by Gasteiger charge is -2.28. The Hall–Kier alpha value is -1.91. The molecule has 120 valence electrons. The van der Waals surface area contributed by atoms with E-state index in [1.165, 1.54) is 28.5 Å². The summed E-state index contributed by atoms with van der Waals surface area (Å²) in [4.78, 5) is 0. The van der Waals surface area contributed by atoms with E-state index in [1.807, 2.05) is 36.4 Å². The Morgan fingerprint density at radius 3 is 1.65 bits per heavy atom. The molecule has 0 spiro atoms. The first-order chi connectivity index (χ1) is 11.1. The molecule has 0 amide bonds. The summed E-state index contributed by atoms with van der Waals surface area (Å²) in [5, 5.41) is 0. The lowest BCUT2D eigenvalue weighted by atomic mass is 9.89. The maximum absolute atomic E-state index is 11.7. The number of sulfonamides is 1. The molecule has 1 fully saturated rings. The molecule has 1 aliphatic rings. The highest BCUT2D eigenvalue weighted by Gasteiger charge is 2.23. The van der Waals surface area contributed by atoms with Gasteiger partial charge in [-0.25, -0.2) is 12.7 Å². The predicted molar refractivity (Wildman–Crippen MR) is 94.6 cm³/mol. The van der Waals surface area contributed by atoms with Gasteiger partial charge in [-0.2, -0.15) is 0 Å². The minimum Gasteiger partial charge on any atom is -0.213 e. The standard InChI is InChI=1S/C19H21NO2S/c1-23(21,22)20-14-12-18(13-15-20)19(16-8-4-2-5-9-16)17-10-6-3-7-11-17/h2-11H,12-15H2,1H3. The van der Waals surface area contributed by atoms with Gasteiger partial charge in [-0.05, 0) is 29.5 Å². The van der Waals surface area contributed by atoms with Crippen LogP contribution in [-0.4, -0.2) is 32.1 Å². The van der Waals surface area contributed by atoms with E-state index >= 15 is 0 Å². The number of piperidine rings is 1. The van der Waals surface area contributed by atoms with Crippen molar-refractivity contribution >= 4 is 15.6 Å². The molecule has 0 saturated carbocycles. The van der Waals surface area contributed by atoms with Gasteiger partial charge in [0.2, 0.25) is 10.0 Å². The summed E-state index contributed by atoms with van der Waals surface area (Å²) in [6.07, 6.45) is 2.86. The van der Waals surface area contributed by atoms with Crippen molar-refractivity contribution in [3.8, 4) is 0 Å². The van der Waals surface area contributed by atoms with E-state index < -0.39 is 10.0 Å². The summed E-state index contributed by atoms with van der Waals surface area (Å²) in [5.41, 5.74) is 4.98. The summed E-state index contributed by atoms with van der Waals surface area (Å²) in [7, 11) is -3.09. The zero-order chi connectivity index (χ0) is 16.3. The van der Waals surface area contributed by atoms with Crippen molar-refractivity contribution in [2.45, 2.75) is 12.8 Å². The minimum atomic E-state index is -3.09. The number of benzene rings is 2. The molecule has 0 N–H and O–H groups in total. The van der Waals surface area contributed by atoms with Crippen molar-refractivity contribution in [1.82, 2.24) is 4.31 Å². The highest BCUT2D eigenvalue weighted by Crippen LogP contribution is 2.32. The van der Waals surface area contributed by atoms with Crippen LogP contribution in [0.2, 0.25) is 0 Å². The molecule has 0 unspecified atom stereocenters. The second kappa shape index (κ2) is 6.69. The summed E-state index contributed by atoms with van der Waals surface area (Å²) in [6.45, 7) is 1.13. The molecule has 0 atom stereocenters. The Kier molecular flexibility index (Phi) is 4.64. The maximum Gasteiger partial charge on any atom is 0.211 e. The second-order valence-electron chi connectivity index (χ2n) is 5.87. The van der Waals surface area contributed by atoms with Crippen molar-refractivity contribution in [3.63, 3.8) is 0 Å². The first kappa shape index (κ1) is 16.0. The molecule has 3 rings (SSSR count). The first-order valence-electron chi connectivity index (χ1n) is 7.84. The summed E-state index contributed by atoms with van der Waals surface area (Å²) in [5.74, 6) is 0. The highest BCUT2D eigenvalue weighted by atomic mass is 32.2. The second-order valence-corrected chi connectivity index (χ2v) is 7.86. The first-order valence-corrected chi connectivity index (χ1v) is 9.68. The van der Waals surface area contributed by atoms with Crippen LogP contribution in [0.5, 0.6) is 0 Å². The number of rotatable bonds is 3. The highest BCUT2D eigenvalue weighted by molar-refractivity contribution is 7.88. The van der Waals surface area contributed by atoms with Crippen LogP contribution in [0.4, 0.5) is 0 Å². The molecule has 1 heterocycles. The molecular formula is C19H21NO2S. The lowest BCUT2D eigenvalue weighted by Crippen LogP contribution is -2.35. The Bertz CT molecular complexity index is 744. The molecular weight excluding hydrogens is 306 g/mol. The van der Waals surface area contributed by atoms with Crippen LogP contribution in [-0.2, 0) is 10.0 Å². The van der Waals surface area contributed by atoms with Gasteiger partial charge in [-0.3, -0.25) is 0 Å². The van der Waals surface area contributed by atoms with Crippen LogP contribution in [0.3, 0.4) is 0 Å². The van der Waals surface area contributed by atoms with E-state index in [0.717, 1.165) is 12.8 Å². The predicted octanol–water partition coefficient (Wildman–Crippen LogP) is 3.54. The number of nitrogens with zero attached hydrogens (tertiary/aromatic N) is 1. The molecule has 23 heavy (non-hydrogen) atoms. The van der Waals surface area contributed by atoms with Crippen LogP contribution >= 0.6 is 0 Å². The van der Waals surface area contributed by atoms with Gasteiger partial charge in [0, 0.05) is 13.1 Å². The fraction of sp³-hybridized carbons (Fsp3) is 0.263. The van der Waals surface area contributed by atoms with E-state index in [1.54, 1.807) is 4.31 Å². The molecule has 3 nitrogen and oxygen atoms in total. The van der Waals surface area contributed by atoms with Crippen molar-refractivity contribution in [3.05, 3.63) is 77.4 Å². The lowest BCUT2D eigenvalue weighted by molar-refractivity contribution is 0.391. The molecule has 1 aliphatic heterocycles. The van der Waals surface area contributed by atoms with Crippen molar-refractivity contribution < 1.29 is 8.42 Å². The zero-order valence-electron chi connectivity index (χ0n) is 13.3. The van der Waals surface area contributed by atoms with Gasteiger partial charge in [0.25, 0.3) is 0 Å². The monoisotopic (exact) mass is 327 g/mol. The molecule has 0 aromatic heterocycles. The Balaban J connectivity index is 2.00. The van der Waals surface area contributed by atoms with Crippen LogP contribution in [0.15, 0.2) is 66.2 Å². The van der Waals surface area contributed by atoms with Gasteiger partial charge in [0.15, 0.2) is 0 Å². The number of hydrogen-bond donors (Lipinski definition) is 0. The average Bonchev–Trinajstić information content (AvgIpc) is 2.57. The summed E-state index contributed by atoms with van der Waals surface area (Å²) in [6, 6.07) is 20.7. The molecule has 0 aliphatic carbocycles. The van der Waals surface area contributed by atoms with E-state index in [-0.39, 0.29) is 0 Å². The van der Waals surface area contributed by atoms with Gasteiger partial charge < -0.3 is 0 Å². The van der Waals surface area contributed by atoms with Gasteiger partial charge >= 0.3 is 0 Å².